The molecule has 0 fully saturated rings. The summed E-state index contributed by atoms with van der Waals surface area (Å²) in [7, 11) is 0. The van der Waals surface area contributed by atoms with Crippen molar-refractivity contribution >= 4 is 55.5 Å². The van der Waals surface area contributed by atoms with Crippen molar-refractivity contribution in [2.24, 2.45) is 5.92 Å². The van der Waals surface area contributed by atoms with E-state index in [0.29, 0.717) is 17.2 Å². The number of aryl methyl sites for hydroxylation is 1. The molecule has 0 amide bonds. The van der Waals surface area contributed by atoms with Crippen molar-refractivity contribution < 1.29 is 13.2 Å². The number of nitrogens with zero attached hydrogens (tertiary/aromatic N) is 2. The number of anilines is 4. The van der Waals surface area contributed by atoms with Crippen LogP contribution < -0.4 is 9.80 Å². The highest BCUT2D eigenvalue weighted by Gasteiger charge is 2.49. The van der Waals surface area contributed by atoms with E-state index in [0.717, 1.165) is 101 Å². The quantitative estimate of drug-likeness (QED) is 0.135. The van der Waals surface area contributed by atoms with E-state index in [2.05, 4.69) is 182 Å². The summed E-state index contributed by atoms with van der Waals surface area (Å²) in [6, 6.07) is 58.2. The number of fused-ring (bicyclic) bond motifs is 9. The van der Waals surface area contributed by atoms with Crippen LogP contribution in [0.15, 0.2) is 222 Å². The lowest BCUT2D eigenvalue weighted by Crippen LogP contribution is -2.29. The lowest BCUT2D eigenvalue weighted by Gasteiger charge is -2.36. The number of allylic oxidation sites excluding steroid dienone is 6. The van der Waals surface area contributed by atoms with Gasteiger partial charge in [0.2, 0.25) is 0 Å². The molecule has 11 rings (SSSR count). The highest BCUT2D eigenvalue weighted by atomic mass is 19.1. The maximum atomic E-state index is 15.5. The fourth-order valence-electron chi connectivity index (χ4n) is 10.5. The van der Waals surface area contributed by atoms with Gasteiger partial charge in [-0.1, -0.05) is 153 Å². The molecule has 316 valence electrons. The van der Waals surface area contributed by atoms with Gasteiger partial charge in [0.1, 0.15) is 17.2 Å². The molecule has 2 aliphatic carbocycles. The van der Waals surface area contributed by atoms with Crippen molar-refractivity contribution in [2.75, 3.05) is 9.80 Å². The Morgan fingerprint density at radius 1 is 0.692 bits per heavy atom. The normalized spacial score (nSPS) is 15.2. The van der Waals surface area contributed by atoms with Gasteiger partial charge in [-0.15, -0.1) is 0 Å². The van der Waals surface area contributed by atoms with Crippen LogP contribution >= 0.6 is 0 Å². The van der Waals surface area contributed by atoms with Gasteiger partial charge in [0, 0.05) is 38.9 Å². The maximum Gasteiger partial charge on any atom is 0.160 e. The van der Waals surface area contributed by atoms with Crippen molar-refractivity contribution in [3.05, 3.63) is 252 Å². The Hall–Kier alpha value is -7.76. The first kappa shape index (κ1) is 40.0. The number of rotatable bonds is 9. The van der Waals surface area contributed by atoms with Gasteiger partial charge >= 0.3 is 0 Å². The van der Waals surface area contributed by atoms with Gasteiger partial charge in [0.25, 0.3) is 0 Å². The molecule has 9 aromatic rings. The van der Waals surface area contributed by atoms with Crippen LogP contribution in [0.4, 0.5) is 31.5 Å². The Morgan fingerprint density at radius 3 is 1.98 bits per heavy atom. The summed E-state index contributed by atoms with van der Waals surface area (Å²) < 4.78 is 37.6. The van der Waals surface area contributed by atoms with E-state index in [9.17, 15) is 0 Å². The molecule has 1 aromatic heterocycles. The van der Waals surface area contributed by atoms with Crippen LogP contribution in [0.5, 0.6) is 0 Å². The first-order valence-corrected chi connectivity index (χ1v) is 22.2. The van der Waals surface area contributed by atoms with Crippen LogP contribution in [0, 0.1) is 18.7 Å². The molecule has 0 bridgehead atoms. The topological polar surface area (TPSA) is 19.6 Å². The number of hydrogen-bond acceptors (Lipinski definition) is 3. The van der Waals surface area contributed by atoms with Crippen molar-refractivity contribution in [2.45, 2.75) is 32.6 Å². The molecule has 3 nitrogen and oxygen atoms in total. The molecule has 2 aliphatic rings. The minimum absolute atomic E-state index is 0.303. The predicted octanol–water partition coefficient (Wildman–Crippen LogP) is 16.7. The molecular weight excluding hydrogens is 803 g/mol. The second-order valence-electron chi connectivity index (χ2n) is 17.4. The molecule has 0 spiro atoms. The molecule has 0 radical (unpaired) electrons. The minimum Gasteiger partial charge on any atom is -0.454 e. The van der Waals surface area contributed by atoms with Gasteiger partial charge in [-0.3, -0.25) is 0 Å². The molecular formula is C60H46F2N2O. The minimum atomic E-state index is -0.896. The number of furan rings is 1. The van der Waals surface area contributed by atoms with E-state index < -0.39 is 11.2 Å². The van der Waals surface area contributed by atoms with Gasteiger partial charge in [-0.25, -0.2) is 8.78 Å². The highest BCUT2D eigenvalue weighted by molar-refractivity contribution is 6.23. The summed E-state index contributed by atoms with van der Waals surface area (Å²) in [6.07, 6.45) is 9.02. The zero-order valence-electron chi connectivity index (χ0n) is 36.5. The fourth-order valence-corrected chi connectivity index (χ4v) is 10.5. The molecule has 0 N–H and O–H groups in total. The molecule has 1 unspecified atom stereocenters. The van der Waals surface area contributed by atoms with E-state index in [1.165, 1.54) is 12.1 Å². The van der Waals surface area contributed by atoms with Crippen LogP contribution in [-0.4, -0.2) is 0 Å². The summed E-state index contributed by atoms with van der Waals surface area (Å²) in [4.78, 5) is 4.32. The summed E-state index contributed by atoms with van der Waals surface area (Å²) in [5.74, 6) is -0.468. The lowest BCUT2D eigenvalue weighted by atomic mass is 9.67. The van der Waals surface area contributed by atoms with Crippen molar-refractivity contribution in [1.82, 2.24) is 0 Å². The van der Waals surface area contributed by atoms with E-state index in [4.69, 9.17) is 4.42 Å². The zero-order valence-corrected chi connectivity index (χ0v) is 36.5. The Bertz CT molecular complexity index is 3390. The average Bonchev–Trinajstić information content (AvgIpc) is 3.85. The van der Waals surface area contributed by atoms with E-state index in [-0.39, 0.29) is 5.82 Å². The molecule has 1 heterocycles. The molecule has 65 heavy (non-hydrogen) atoms. The molecule has 8 aromatic carbocycles. The lowest BCUT2D eigenvalue weighted by molar-refractivity contribution is 0.628. The van der Waals surface area contributed by atoms with Gasteiger partial charge in [0.15, 0.2) is 5.58 Å². The molecule has 0 aliphatic heterocycles. The van der Waals surface area contributed by atoms with Crippen molar-refractivity contribution in [3.63, 3.8) is 0 Å². The molecule has 0 saturated carbocycles. The third-order valence-electron chi connectivity index (χ3n) is 13.2. The van der Waals surface area contributed by atoms with Gasteiger partial charge < -0.3 is 14.2 Å². The number of benzene rings is 8. The molecule has 0 saturated heterocycles. The van der Waals surface area contributed by atoms with Gasteiger partial charge in [-0.2, -0.15) is 0 Å². The SMILES string of the molecule is C=C(F)/C=C(\C)N(c1ccc(C)cc1)c1cc2c(c3c1oc1ccccc13)-c1c(cc(N(C3=CCC(C)C=C3)c3cccc(F)c3)c3ccccc13)C2(c1ccccc1)c1ccccc1. The largest absolute Gasteiger partial charge is 0.454 e. The predicted molar refractivity (Wildman–Crippen MR) is 265 cm³/mol. The monoisotopic (exact) mass is 848 g/mol. The van der Waals surface area contributed by atoms with Crippen LogP contribution in [0.1, 0.15) is 48.1 Å². The third-order valence-corrected chi connectivity index (χ3v) is 13.2. The first-order valence-electron chi connectivity index (χ1n) is 22.2. The summed E-state index contributed by atoms with van der Waals surface area (Å²) in [5.41, 5.74) is 13.1. The van der Waals surface area contributed by atoms with E-state index in [1.807, 2.05) is 25.1 Å². The Labute approximate surface area is 378 Å². The van der Waals surface area contributed by atoms with E-state index in [1.54, 1.807) is 12.1 Å². The standard InChI is InChI=1S/C60H46F2N2O/c1-38-26-30-45(31-27-38)63(41(4)34-40(3)61)54-37-52-58(57-50-24-13-14-25-55(50)65-59(54)57)56-49-23-12-11-22-48(49)53(64(46-32-28-39(2)29-33-46)47-21-15-20-44(62)35-47)36-51(56)60(52,42-16-7-5-8-17-42)43-18-9-6-10-19-43/h5-28,30-37,39H,3,29H2,1-2,4H3/b41-34+. The highest BCUT2D eigenvalue weighted by Crippen LogP contribution is 2.63. The summed E-state index contributed by atoms with van der Waals surface area (Å²) in [6.45, 7) is 9.85. The zero-order chi connectivity index (χ0) is 44.4. The average molecular weight is 849 g/mol. The number of halogens is 2. The second kappa shape index (κ2) is 15.8. The summed E-state index contributed by atoms with van der Waals surface area (Å²) in [5, 5.41) is 4.03. The van der Waals surface area contributed by atoms with Crippen LogP contribution in [-0.2, 0) is 5.41 Å². The Morgan fingerprint density at radius 2 is 1.32 bits per heavy atom. The van der Waals surface area contributed by atoms with Gasteiger partial charge in [0.05, 0.1) is 16.8 Å². The van der Waals surface area contributed by atoms with Crippen LogP contribution in [0.2, 0.25) is 0 Å². The van der Waals surface area contributed by atoms with E-state index >= 15 is 8.78 Å². The Kier molecular flexibility index (Phi) is 9.73. The molecule has 5 heteroatoms. The van der Waals surface area contributed by atoms with Crippen LogP contribution in [0.25, 0.3) is 43.8 Å². The maximum absolute atomic E-state index is 15.5. The number of hydrogen-bond donors (Lipinski definition) is 0. The Balaban J connectivity index is 1.36. The smallest absolute Gasteiger partial charge is 0.160 e. The number of para-hydroxylation sites is 1. The third kappa shape index (κ3) is 6.44. The second-order valence-corrected chi connectivity index (χ2v) is 17.4. The fraction of sp³-hybridized carbons (Fsp3) is 0.100. The first-order chi connectivity index (χ1) is 31.7. The van der Waals surface area contributed by atoms with Crippen LogP contribution in [0.3, 0.4) is 0 Å². The van der Waals surface area contributed by atoms with Gasteiger partial charge in [-0.05, 0) is 126 Å². The summed E-state index contributed by atoms with van der Waals surface area (Å²) >= 11 is 0. The molecule has 1 atom stereocenters. The van der Waals surface area contributed by atoms with Crippen molar-refractivity contribution in [3.8, 4) is 11.1 Å². The van der Waals surface area contributed by atoms with Crippen molar-refractivity contribution in [1.29, 1.82) is 0 Å².